The number of benzene rings is 1. The lowest BCUT2D eigenvalue weighted by Gasteiger charge is -2.12. The van der Waals surface area contributed by atoms with Crippen molar-refractivity contribution < 1.29 is 9.59 Å². The number of halogens is 1. The Morgan fingerprint density at radius 3 is 2.55 bits per heavy atom. The van der Waals surface area contributed by atoms with Gasteiger partial charge in [0, 0.05) is 16.4 Å². The first-order valence-electron chi connectivity index (χ1n) is 6.48. The molecule has 0 atom stereocenters. The summed E-state index contributed by atoms with van der Waals surface area (Å²) in [7, 11) is 0. The Labute approximate surface area is 132 Å². The summed E-state index contributed by atoms with van der Waals surface area (Å²) in [6.45, 7) is 3.49. The Hall–Kier alpha value is -2.60. The fourth-order valence-electron chi connectivity index (χ4n) is 2.07. The molecule has 0 aliphatic carbocycles. The fraction of sp³-hybridized carbons (Fsp3) is 0.133. The van der Waals surface area contributed by atoms with Crippen LogP contribution in [0.3, 0.4) is 0 Å². The maximum atomic E-state index is 12.0. The number of hydrogen-bond donors (Lipinski definition) is 3. The lowest BCUT2D eigenvalue weighted by atomic mass is 10.1. The number of carbonyl (C=O) groups is 2. The quantitative estimate of drug-likeness (QED) is 0.811. The molecule has 0 spiro atoms. The second-order valence-corrected chi connectivity index (χ2v) is 5.19. The lowest BCUT2D eigenvalue weighted by Crippen LogP contribution is -2.24. The number of urea groups is 1. The van der Waals surface area contributed by atoms with E-state index in [0.29, 0.717) is 22.0 Å². The minimum atomic E-state index is -0.650. The molecular formula is C15H15ClN4O2. The molecule has 1 aromatic carbocycles. The third-order valence-electron chi connectivity index (χ3n) is 2.91. The maximum Gasteiger partial charge on any atom is 0.324 e. The number of nitrogens with zero attached hydrogens (tertiary/aromatic N) is 1. The van der Waals surface area contributed by atoms with Gasteiger partial charge in [0.05, 0.1) is 5.56 Å². The van der Waals surface area contributed by atoms with Crippen molar-refractivity contribution in [3.8, 4) is 0 Å². The Bertz CT molecular complexity index is 746. The smallest absolute Gasteiger partial charge is 0.324 e. The van der Waals surface area contributed by atoms with Crippen LogP contribution in [0.2, 0.25) is 5.02 Å². The van der Waals surface area contributed by atoms with Gasteiger partial charge in [-0.15, -0.1) is 0 Å². The van der Waals surface area contributed by atoms with Crippen LogP contribution in [0.25, 0.3) is 0 Å². The molecule has 2 rings (SSSR count). The van der Waals surface area contributed by atoms with Crippen molar-refractivity contribution >= 4 is 35.0 Å². The van der Waals surface area contributed by atoms with Crippen LogP contribution in [-0.4, -0.2) is 16.9 Å². The van der Waals surface area contributed by atoms with E-state index >= 15 is 0 Å². The SMILES string of the molecule is Cc1cc(C)c(C(N)=O)c(NC(=O)Nc2cccc(Cl)c2)n1. The molecule has 0 saturated carbocycles. The highest BCUT2D eigenvalue weighted by Crippen LogP contribution is 2.19. The van der Waals surface area contributed by atoms with E-state index in [-0.39, 0.29) is 11.4 Å². The van der Waals surface area contributed by atoms with Gasteiger partial charge in [0.1, 0.15) is 5.82 Å². The van der Waals surface area contributed by atoms with Crippen LogP contribution in [0, 0.1) is 13.8 Å². The van der Waals surface area contributed by atoms with E-state index in [1.165, 1.54) is 0 Å². The number of primary amides is 1. The number of amides is 3. The van der Waals surface area contributed by atoms with Gasteiger partial charge < -0.3 is 11.1 Å². The molecule has 0 bridgehead atoms. The molecule has 22 heavy (non-hydrogen) atoms. The average molecular weight is 319 g/mol. The normalized spacial score (nSPS) is 10.1. The van der Waals surface area contributed by atoms with Gasteiger partial charge in [0.15, 0.2) is 0 Å². The summed E-state index contributed by atoms with van der Waals surface area (Å²) in [6, 6.07) is 7.88. The van der Waals surface area contributed by atoms with E-state index in [4.69, 9.17) is 17.3 Å². The van der Waals surface area contributed by atoms with Gasteiger partial charge in [-0.1, -0.05) is 17.7 Å². The van der Waals surface area contributed by atoms with Crippen LogP contribution in [0.5, 0.6) is 0 Å². The third kappa shape index (κ3) is 3.73. The topological polar surface area (TPSA) is 97.1 Å². The molecule has 2 aromatic rings. The first-order valence-corrected chi connectivity index (χ1v) is 6.86. The van der Waals surface area contributed by atoms with E-state index in [9.17, 15) is 9.59 Å². The van der Waals surface area contributed by atoms with E-state index in [2.05, 4.69) is 15.6 Å². The largest absolute Gasteiger partial charge is 0.365 e. The van der Waals surface area contributed by atoms with Gasteiger partial charge in [0.2, 0.25) is 0 Å². The molecule has 0 aliphatic rings. The highest BCUT2D eigenvalue weighted by atomic mass is 35.5. The van der Waals surface area contributed by atoms with Crippen LogP contribution in [-0.2, 0) is 0 Å². The zero-order valence-corrected chi connectivity index (χ0v) is 12.9. The summed E-state index contributed by atoms with van der Waals surface area (Å²) in [4.78, 5) is 27.7. The van der Waals surface area contributed by atoms with Gasteiger partial charge in [-0.2, -0.15) is 0 Å². The number of pyridine rings is 1. The Kier molecular flexibility index (Phi) is 4.62. The van der Waals surface area contributed by atoms with Crippen molar-refractivity contribution in [1.82, 2.24) is 4.98 Å². The predicted octanol–water partition coefficient (Wildman–Crippen LogP) is 3.09. The van der Waals surface area contributed by atoms with Crippen molar-refractivity contribution in [3.05, 3.63) is 52.2 Å². The number of hydrogen-bond acceptors (Lipinski definition) is 3. The number of anilines is 2. The zero-order valence-electron chi connectivity index (χ0n) is 12.1. The average Bonchev–Trinajstić information content (AvgIpc) is 2.36. The summed E-state index contributed by atoms with van der Waals surface area (Å²) in [5, 5.41) is 5.65. The van der Waals surface area contributed by atoms with Crippen molar-refractivity contribution in [2.24, 2.45) is 5.73 Å². The number of rotatable bonds is 3. The first kappa shape index (κ1) is 15.8. The molecule has 0 aliphatic heterocycles. The Balaban J connectivity index is 2.23. The Morgan fingerprint density at radius 1 is 1.18 bits per heavy atom. The fourth-order valence-corrected chi connectivity index (χ4v) is 2.26. The second-order valence-electron chi connectivity index (χ2n) is 4.76. The zero-order chi connectivity index (χ0) is 16.3. The van der Waals surface area contributed by atoms with E-state index in [1.807, 2.05) is 0 Å². The van der Waals surface area contributed by atoms with Gasteiger partial charge in [-0.05, 0) is 43.7 Å². The highest BCUT2D eigenvalue weighted by Gasteiger charge is 2.16. The molecule has 1 aromatic heterocycles. The molecule has 3 amide bonds. The van der Waals surface area contributed by atoms with Crippen LogP contribution < -0.4 is 16.4 Å². The molecular weight excluding hydrogens is 304 g/mol. The van der Waals surface area contributed by atoms with Crippen molar-refractivity contribution in [2.45, 2.75) is 13.8 Å². The molecule has 6 nitrogen and oxygen atoms in total. The number of nitrogens with one attached hydrogen (secondary N) is 2. The van der Waals surface area contributed by atoms with Gasteiger partial charge in [0.25, 0.3) is 5.91 Å². The van der Waals surface area contributed by atoms with Crippen LogP contribution in [0.15, 0.2) is 30.3 Å². The molecule has 114 valence electrons. The molecule has 0 fully saturated rings. The minimum Gasteiger partial charge on any atom is -0.365 e. The molecule has 1 heterocycles. The maximum absolute atomic E-state index is 12.0. The van der Waals surface area contributed by atoms with Crippen molar-refractivity contribution in [2.75, 3.05) is 10.6 Å². The van der Waals surface area contributed by atoms with E-state index < -0.39 is 11.9 Å². The highest BCUT2D eigenvalue weighted by molar-refractivity contribution is 6.30. The van der Waals surface area contributed by atoms with Crippen LogP contribution in [0.1, 0.15) is 21.6 Å². The van der Waals surface area contributed by atoms with Gasteiger partial charge in [-0.3, -0.25) is 10.1 Å². The molecule has 0 radical (unpaired) electrons. The molecule has 4 N–H and O–H groups in total. The standard InChI is InChI=1S/C15H15ClN4O2/c1-8-6-9(2)18-14(12(8)13(17)21)20-15(22)19-11-5-3-4-10(16)7-11/h3-7H,1-2H3,(H2,17,21)(H2,18,19,20,22). The summed E-state index contributed by atoms with van der Waals surface area (Å²) < 4.78 is 0. The third-order valence-corrected chi connectivity index (χ3v) is 3.14. The molecule has 0 saturated heterocycles. The van der Waals surface area contributed by atoms with Gasteiger partial charge >= 0.3 is 6.03 Å². The number of nitrogens with two attached hydrogens (primary N) is 1. The summed E-state index contributed by atoms with van der Waals surface area (Å²) in [5.41, 5.74) is 7.37. The van der Waals surface area contributed by atoms with E-state index in [0.717, 1.165) is 0 Å². The first-order chi connectivity index (χ1) is 10.4. The van der Waals surface area contributed by atoms with Crippen LogP contribution in [0.4, 0.5) is 16.3 Å². The second kappa shape index (κ2) is 6.44. The van der Waals surface area contributed by atoms with Crippen molar-refractivity contribution in [1.29, 1.82) is 0 Å². The lowest BCUT2D eigenvalue weighted by molar-refractivity contribution is 0.100. The van der Waals surface area contributed by atoms with Crippen LogP contribution >= 0.6 is 11.6 Å². The van der Waals surface area contributed by atoms with Gasteiger partial charge in [-0.25, -0.2) is 9.78 Å². The summed E-state index contributed by atoms with van der Waals surface area (Å²) >= 11 is 5.85. The summed E-state index contributed by atoms with van der Waals surface area (Å²) in [6.07, 6.45) is 0. The van der Waals surface area contributed by atoms with E-state index in [1.54, 1.807) is 44.2 Å². The number of carbonyl (C=O) groups excluding carboxylic acids is 2. The molecule has 0 unspecified atom stereocenters. The minimum absolute atomic E-state index is 0.129. The Morgan fingerprint density at radius 2 is 1.91 bits per heavy atom. The summed E-state index contributed by atoms with van der Waals surface area (Å²) in [5.74, 6) is -0.521. The number of aryl methyl sites for hydroxylation is 2. The number of aromatic nitrogens is 1. The predicted molar refractivity (Wildman–Crippen MR) is 86.3 cm³/mol. The molecule has 7 heteroatoms. The monoisotopic (exact) mass is 318 g/mol. The van der Waals surface area contributed by atoms with Crippen molar-refractivity contribution in [3.63, 3.8) is 0 Å².